The lowest BCUT2D eigenvalue weighted by atomic mass is 9.45. The fraction of sp³-hybridized carbons (Fsp3) is 0.810. The van der Waals surface area contributed by atoms with Crippen LogP contribution in [0, 0.1) is 28.6 Å². The zero-order chi connectivity index (χ0) is 22.1. The highest BCUT2D eigenvalue weighted by Gasteiger charge is 2.68. The number of aliphatic hydroxyl groups is 2. The first-order valence-corrected chi connectivity index (χ1v) is 12.2. The SMILES string of the molecule is C[C@]12CCC(=O)C=C1CCC1C2[C@H](O)C[C@@]2(C)C1CC[C@]2(O)C(=O)COP(=O)(O)O. The van der Waals surface area contributed by atoms with Gasteiger partial charge in [0, 0.05) is 11.8 Å². The summed E-state index contributed by atoms with van der Waals surface area (Å²) in [5.74, 6) is -0.522. The van der Waals surface area contributed by atoms with Gasteiger partial charge in [0.15, 0.2) is 11.6 Å². The van der Waals surface area contributed by atoms with Gasteiger partial charge in [-0.2, -0.15) is 0 Å². The van der Waals surface area contributed by atoms with E-state index >= 15 is 0 Å². The summed E-state index contributed by atoms with van der Waals surface area (Å²) in [6, 6.07) is 0. The summed E-state index contributed by atoms with van der Waals surface area (Å²) in [6.07, 6.45) is 4.79. The molecule has 0 radical (unpaired) electrons. The monoisotopic (exact) mass is 442 g/mol. The maximum absolute atomic E-state index is 12.8. The van der Waals surface area contributed by atoms with Crippen LogP contribution in [-0.2, 0) is 18.7 Å². The molecule has 4 N–H and O–H groups in total. The lowest BCUT2D eigenvalue weighted by molar-refractivity contribution is -0.182. The van der Waals surface area contributed by atoms with Crippen molar-refractivity contribution in [2.45, 2.75) is 70.5 Å². The Morgan fingerprint density at radius 2 is 1.93 bits per heavy atom. The van der Waals surface area contributed by atoms with Crippen LogP contribution in [0.25, 0.3) is 0 Å². The molecule has 0 saturated heterocycles. The molecule has 0 aromatic heterocycles. The minimum Gasteiger partial charge on any atom is -0.393 e. The number of phosphoric ester groups is 1. The van der Waals surface area contributed by atoms with Crippen LogP contribution in [0.4, 0.5) is 0 Å². The second-order valence-corrected chi connectivity index (χ2v) is 11.4. The summed E-state index contributed by atoms with van der Waals surface area (Å²) >= 11 is 0. The average molecular weight is 442 g/mol. The number of carbonyl (C=O) groups excluding carboxylic acids is 2. The molecule has 4 aliphatic rings. The second kappa shape index (κ2) is 7.06. The number of carbonyl (C=O) groups is 2. The Morgan fingerprint density at radius 1 is 1.23 bits per heavy atom. The van der Waals surface area contributed by atoms with Crippen molar-refractivity contribution < 1.29 is 38.7 Å². The van der Waals surface area contributed by atoms with E-state index in [9.17, 15) is 24.4 Å². The van der Waals surface area contributed by atoms with Gasteiger partial charge in [-0.15, -0.1) is 0 Å². The van der Waals surface area contributed by atoms with E-state index in [0.717, 1.165) is 18.4 Å². The van der Waals surface area contributed by atoms with E-state index in [1.807, 2.05) is 6.92 Å². The van der Waals surface area contributed by atoms with E-state index in [-0.39, 0.29) is 41.8 Å². The van der Waals surface area contributed by atoms with E-state index in [1.165, 1.54) is 0 Å². The van der Waals surface area contributed by atoms with Crippen LogP contribution in [0.5, 0.6) is 0 Å². The lowest BCUT2D eigenvalue weighted by Gasteiger charge is -2.60. The van der Waals surface area contributed by atoms with Gasteiger partial charge in [-0.25, -0.2) is 4.57 Å². The zero-order valence-electron chi connectivity index (χ0n) is 17.4. The number of fused-ring (bicyclic) bond motifs is 5. The number of phosphoric acid groups is 1. The average Bonchev–Trinajstić information content (AvgIpc) is 2.91. The lowest BCUT2D eigenvalue weighted by Crippen LogP contribution is -2.62. The van der Waals surface area contributed by atoms with Gasteiger partial charge in [-0.05, 0) is 67.8 Å². The number of ketones is 2. The van der Waals surface area contributed by atoms with Crippen molar-refractivity contribution in [1.29, 1.82) is 0 Å². The molecule has 0 aromatic carbocycles. The van der Waals surface area contributed by atoms with Crippen molar-refractivity contribution in [3.05, 3.63) is 11.6 Å². The van der Waals surface area contributed by atoms with Gasteiger partial charge in [0.05, 0.1) is 6.10 Å². The Hall–Kier alpha value is -0.890. The van der Waals surface area contributed by atoms with Gasteiger partial charge in [0.25, 0.3) is 0 Å². The van der Waals surface area contributed by atoms with Crippen LogP contribution in [0.3, 0.4) is 0 Å². The number of Topliss-reactive ketones (excluding diaryl/α,β-unsaturated/α-hetero) is 1. The van der Waals surface area contributed by atoms with E-state index < -0.39 is 37.3 Å². The first-order valence-electron chi connectivity index (χ1n) is 10.7. The van der Waals surface area contributed by atoms with E-state index in [2.05, 4.69) is 11.4 Å². The standard InChI is InChI=1S/C21H31O8P/c1-19-7-5-13(22)9-12(19)3-4-14-15-6-8-21(25,17(24)11-29-30(26,27)28)20(15,2)10-16(23)18(14)19/h9,14-16,18,23,25H,3-8,10-11H2,1-2H3,(H2,26,27,28)/t14?,15?,16-,18?,19+,20+,21+/m1/s1. The first kappa shape index (κ1) is 22.3. The van der Waals surface area contributed by atoms with E-state index in [0.29, 0.717) is 19.3 Å². The van der Waals surface area contributed by atoms with Gasteiger partial charge in [0.1, 0.15) is 12.2 Å². The molecule has 0 spiro atoms. The van der Waals surface area contributed by atoms with Crippen molar-refractivity contribution in [2.24, 2.45) is 28.6 Å². The molecule has 30 heavy (non-hydrogen) atoms. The predicted molar refractivity (Wildman–Crippen MR) is 106 cm³/mol. The highest BCUT2D eigenvalue weighted by Crippen LogP contribution is 2.67. The summed E-state index contributed by atoms with van der Waals surface area (Å²) in [4.78, 5) is 42.6. The summed E-state index contributed by atoms with van der Waals surface area (Å²) in [5, 5.41) is 22.7. The van der Waals surface area contributed by atoms with Crippen molar-refractivity contribution >= 4 is 19.4 Å². The maximum Gasteiger partial charge on any atom is 0.470 e. The highest BCUT2D eigenvalue weighted by molar-refractivity contribution is 7.46. The summed E-state index contributed by atoms with van der Waals surface area (Å²) in [5.41, 5.74) is -1.84. The fourth-order valence-electron chi connectivity index (χ4n) is 7.41. The minimum atomic E-state index is -4.83. The van der Waals surface area contributed by atoms with Crippen molar-refractivity contribution in [1.82, 2.24) is 0 Å². The molecule has 0 aromatic rings. The summed E-state index contributed by atoms with van der Waals surface area (Å²) in [6.45, 7) is 3.09. The van der Waals surface area contributed by atoms with E-state index in [1.54, 1.807) is 6.08 Å². The third-order valence-electron chi connectivity index (χ3n) is 8.87. The third-order valence-corrected chi connectivity index (χ3v) is 9.34. The molecule has 168 valence electrons. The molecule has 0 aliphatic heterocycles. The quantitative estimate of drug-likeness (QED) is 0.484. The van der Waals surface area contributed by atoms with Crippen LogP contribution >= 0.6 is 7.82 Å². The number of aliphatic hydroxyl groups excluding tert-OH is 1. The Labute approximate surface area is 175 Å². The number of rotatable bonds is 4. The van der Waals surface area contributed by atoms with Gasteiger partial charge in [-0.1, -0.05) is 19.4 Å². The molecule has 3 unspecified atom stereocenters. The smallest absolute Gasteiger partial charge is 0.393 e. The Kier molecular flexibility index (Phi) is 5.25. The molecule has 4 aliphatic carbocycles. The van der Waals surface area contributed by atoms with Crippen molar-refractivity contribution in [3.8, 4) is 0 Å². The van der Waals surface area contributed by atoms with Crippen LogP contribution in [0.15, 0.2) is 11.6 Å². The normalized spacial score (nSPS) is 45.9. The Balaban J connectivity index is 1.64. The zero-order valence-corrected chi connectivity index (χ0v) is 18.3. The van der Waals surface area contributed by atoms with Gasteiger partial charge < -0.3 is 20.0 Å². The second-order valence-electron chi connectivity index (χ2n) is 10.2. The molecule has 7 atom stereocenters. The first-order chi connectivity index (χ1) is 13.8. The third kappa shape index (κ3) is 3.19. The molecule has 3 fully saturated rings. The predicted octanol–water partition coefficient (Wildman–Crippen LogP) is 1.90. The molecule has 8 nitrogen and oxygen atoms in total. The fourth-order valence-corrected chi connectivity index (χ4v) is 7.70. The highest BCUT2D eigenvalue weighted by atomic mass is 31.2. The minimum absolute atomic E-state index is 0.00547. The molecular weight excluding hydrogens is 411 g/mol. The van der Waals surface area contributed by atoms with Gasteiger partial charge >= 0.3 is 7.82 Å². The molecule has 9 heteroatoms. The maximum atomic E-state index is 12.8. The largest absolute Gasteiger partial charge is 0.470 e. The molecule has 4 rings (SSSR count). The summed E-state index contributed by atoms with van der Waals surface area (Å²) in [7, 11) is -4.83. The van der Waals surface area contributed by atoms with Crippen LogP contribution < -0.4 is 0 Å². The molecule has 0 amide bonds. The van der Waals surface area contributed by atoms with E-state index in [4.69, 9.17) is 9.79 Å². The van der Waals surface area contributed by atoms with Crippen LogP contribution in [0.2, 0.25) is 0 Å². The summed E-state index contributed by atoms with van der Waals surface area (Å²) < 4.78 is 15.4. The van der Waals surface area contributed by atoms with Gasteiger partial charge in [-0.3, -0.25) is 14.1 Å². The Morgan fingerprint density at radius 3 is 2.60 bits per heavy atom. The van der Waals surface area contributed by atoms with Gasteiger partial charge in [0.2, 0.25) is 0 Å². The van der Waals surface area contributed by atoms with Crippen molar-refractivity contribution in [2.75, 3.05) is 6.61 Å². The van der Waals surface area contributed by atoms with Crippen LogP contribution in [0.1, 0.15) is 58.8 Å². The Bertz CT molecular complexity index is 848. The van der Waals surface area contributed by atoms with Crippen LogP contribution in [-0.4, -0.2) is 49.9 Å². The number of allylic oxidation sites excluding steroid dienone is 1. The topological polar surface area (TPSA) is 141 Å². The molecular formula is C21H31O8P. The molecule has 3 saturated carbocycles. The van der Waals surface area contributed by atoms with Crippen molar-refractivity contribution in [3.63, 3.8) is 0 Å². The number of hydrogen-bond acceptors (Lipinski definition) is 6. The number of hydrogen-bond donors (Lipinski definition) is 4. The molecule has 0 bridgehead atoms. The molecule has 0 heterocycles.